The van der Waals surface area contributed by atoms with Crippen molar-refractivity contribution in [3.63, 3.8) is 0 Å². The van der Waals surface area contributed by atoms with Crippen LogP contribution in [0.15, 0.2) is 10.4 Å². The molecule has 0 aliphatic heterocycles. The topological polar surface area (TPSA) is 52.6 Å². The molecule has 1 aromatic heterocycles. The minimum absolute atomic E-state index is 0. The SMILES string of the molecule is CCNC(=NCc1nc(C(F)(F)F)cs1)NCCN(C)CC.I. The molecule has 0 saturated carbocycles. The van der Waals surface area contributed by atoms with E-state index in [1.165, 1.54) is 0 Å². The third-order valence-corrected chi connectivity index (χ3v) is 3.72. The van der Waals surface area contributed by atoms with Gasteiger partial charge in [0.15, 0.2) is 11.7 Å². The van der Waals surface area contributed by atoms with Crippen LogP contribution in [0.2, 0.25) is 0 Å². The van der Waals surface area contributed by atoms with E-state index in [1.807, 2.05) is 14.0 Å². The molecule has 1 heterocycles. The Bertz CT molecular complexity index is 478. The summed E-state index contributed by atoms with van der Waals surface area (Å²) in [6, 6.07) is 0. The predicted molar refractivity (Wildman–Crippen MR) is 98.5 cm³/mol. The number of rotatable bonds is 7. The average Bonchev–Trinajstić information content (AvgIpc) is 2.93. The smallest absolute Gasteiger partial charge is 0.357 e. The van der Waals surface area contributed by atoms with Gasteiger partial charge in [-0.25, -0.2) is 9.98 Å². The minimum Gasteiger partial charge on any atom is -0.357 e. The second-order valence-electron chi connectivity index (χ2n) is 4.64. The van der Waals surface area contributed by atoms with Crippen molar-refractivity contribution in [2.75, 3.05) is 33.2 Å². The molecule has 0 aliphatic carbocycles. The van der Waals surface area contributed by atoms with Crippen LogP contribution in [0.4, 0.5) is 13.2 Å². The quantitative estimate of drug-likeness (QED) is 0.370. The van der Waals surface area contributed by atoms with Crippen molar-refractivity contribution in [3.8, 4) is 0 Å². The van der Waals surface area contributed by atoms with Crippen molar-refractivity contribution in [2.24, 2.45) is 4.99 Å². The van der Waals surface area contributed by atoms with E-state index < -0.39 is 11.9 Å². The molecule has 5 nitrogen and oxygen atoms in total. The molecule has 0 unspecified atom stereocenters. The maximum atomic E-state index is 12.5. The Labute approximate surface area is 155 Å². The lowest BCUT2D eigenvalue weighted by atomic mass is 10.5. The van der Waals surface area contributed by atoms with Crippen molar-refractivity contribution < 1.29 is 13.2 Å². The van der Waals surface area contributed by atoms with Gasteiger partial charge in [0.05, 0.1) is 6.54 Å². The number of nitrogens with zero attached hydrogens (tertiary/aromatic N) is 3. The maximum Gasteiger partial charge on any atom is 0.434 e. The first-order chi connectivity index (χ1) is 10.4. The van der Waals surface area contributed by atoms with Gasteiger partial charge in [0.25, 0.3) is 0 Å². The summed E-state index contributed by atoms with van der Waals surface area (Å²) >= 11 is 0.967. The van der Waals surface area contributed by atoms with Crippen molar-refractivity contribution in [1.82, 2.24) is 20.5 Å². The number of aliphatic imine (C=N–C) groups is 1. The first-order valence-corrected chi connectivity index (χ1v) is 7.97. The average molecular weight is 465 g/mol. The zero-order chi connectivity index (χ0) is 16.6. The van der Waals surface area contributed by atoms with E-state index in [1.54, 1.807) is 0 Å². The number of guanidine groups is 1. The lowest BCUT2D eigenvalue weighted by Gasteiger charge is -2.16. The van der Waals surface area contributed by atoms with Crippen LogP contribution in [0.25, 0.3) is 0 Å². The first kappa shape index (κ1) is 22.4. The summed E-state index contributed by atoms with van der Waals surface area (Å²) in [5, 5.41) is 7.56. The summed E-state index contributed by atoms with van der Waals surface area (Å²) in [4.78, 5) is 9.96. The van der Waals surface area contributed by atoms with Crippen molar-refractivity contribution in [2.45, 2.75) is 26.6 Å². The molecule has 10 heteroatoms. The third kappa shape index (κ3) is 8.70. The molecular weight excluding hydrogens is 442 g/mol. The van der Waals surface area contributed by atoms with Crippen LogP contribution in [-0.2, 0) is 12.7 Å². The summed E-state index contributed by atoms with van der Waals surface area (Å²) in [5.41, 5.74) is -0.856. The van der Waals surface area contributed by atoms with Gasteiger partial charge in [-0.05, 0) is 20.5 Å². The van der Waals surface area contributed by atoms with Gasteiger partial charge in [0.1, 0.15) is 5.01 Å². The lowest BCUT2D eigenvalue weighted by molar-refractivity contribution is -0.140. The molecule has 0 aliphatic rings. The fourth-order valence-electron chi connectivity index (χ4n) is 1.53. The van der Waals surface area contributed by atoms with Crippen molar-refractivity contribution in [3.05, 3.63) is 16.1 Å². The standard InChI is InChI=1S/C13H22F3N5S.HI/c1-4-17-12(18-6-7-21(3)5-2)19-8-11-20-10(9-22-11)13(14,15)16;/h9H,4-8H2,1-3H3,(H2,17,18,19);1H. The number of nitrogens with one attached hydrogen (secondary N) is 2. The monoisotopic (exact) mass is 465 g/mol. The number of halogens is 4. The Hall–Kier alpha value is -0.620. The van der Waals surface area contributed by atoms with E-state index in [9.17, 15) is 13.2 Å². The van der Waals surface area contributed by atoms with E-state index in [4.69, 9.17) is 0 Å². The Morgan fingerprint density at radius 1 is 1.35 bits per heavy atom. The highest BCUT2D eigenvalue weighted by Gasteiger charge is 2.33. The number of likely N-dealkylation sites (N-methyl/N-ethyl adjacent to an activating group) is 1. The van der Waals surface area contributed by atoms with E-state index in [0.717, 1.165) is 29.8 Å². The Balaban J connectivity index is 0.00000484. The van der Waals surface area contributed by atoms with Crippen LogP contribution in [0.5, 0.6) is 0 Å². The fourth-order valence-corrected chi connectivity index (χ4v) is 2.25. The molecule has 1 aromatic rings. The van der Waals surface area contributed by atoms with Gasteiger partial charge < -0.3 is 15.5 Å². The van der Waals surface area contributed by atoms with E-state index >= 15 is 0 Å². The second-order valence-corrected chi connectivity index (χ2v) is 5.58. The van der Waals surface area contributed by atoms with Gasteiger partial charge in [-0.3, -0.25) is 0 Å². The molecule has 0 atom stereocenters. The van der Waals surface area contributed by atoms with Gasteiger partial charge >= 0.3 is 6.18 Å². The molecule has 0 amide bonds. The van der Waals surface area contributed by atoms with Gasteiger partial charge in [-0.1, -0.05) is 6.92 Å². The summed E-state index contributed by atoms with van der Waals surface area (Å²) in [7, 11) is 2.01. The van der Waals surface area contributed by atoms with Crippen LogP contribution >= 0.6 is 35.3 Å². The van der Waals surface area contributed by atoms with Crippen molar-refractivity contribution >= 4 is 41.3 Å². The molecule has 1 rings (SSSR count). The number of hydrogen-bond acceptors (Lipinski definition) is 4. The number of thiazole rings is 1. The number of alkyl halides is 3. The zero-order valence-electron chi connectivity index (χ0n) is 13.4. The summed E-state index contributed by atoms with van der Waals surface area (Å²) < 4.78 is 37.4. The molecule has 2 N–H and O–H groups in total. The Morgan fingerprint density at radius 2 is 2.04 bits per heavy atom. The molecule has 0 aromatic carbocycles. The van der Waals surface area contributed by atoms with E-state index in [2.05, 4.69) is 32.4 Å². The fraction of sp³-hybridized carbons (Fsp3) is 0.692. The minimum atomic E-state index is -4.40. The normalized spacial score (nSPS) is 12.2. The predicted octanol–water partition coefficient (Wildman–Crippen LogP) is 2.79. The van der Waals surface area contributed by atoms with Crippen molar-refractivity contribution in [1.29, 1.82) is 0 Å². The zero-order valence-corrected chi connectivity index (χ0v) is 16.6. The summed E-state index contributed by atoms with van der Waals surface area (Å²) in [5.74, 6) is 0.579. The highest BCUT2D eigenvalue weighted by molar-refractivity contribution is 14.0. The largest absolute Gasteiger partial charge is 0.434 e. The van der Waals surface area contributed by atoms with Gasteiger partial charge in [-0.2, -0.15) is 13.2 Å². The van der Waals surface area contributed by atoms with Crippen LogP contribution in [0.1, 0.15) is 24.5 Å². The molecular formula is C13H23F3IN5S. The Kier molecular flexibility index (Phi) is 10.7. The van der Waals surface area contributed by atoms with E-state index in [0.29, 0.717) is 24.1 Å². The van der Waals surface area contributed by atoms with Crippen LogP contribution in [0.3, 0.4) is 0 Å². The molecule has 134 valence electrons. The van der Waals surface area contributed by atoms with Crippen LogP contribution < -0.4 is 10.6 Å². The molecule has 23 heavy (non-hydrogen) atoms. The van der Waals surface area contributed by atoms with Crippen LogP contribution in [0, 0.1) is 0 Å². The lowest BCUT2D eigenvalue weighted by Crippen LogP contribution is -2.40. The molecule has 0 radical (unpaired) electrons. The van der Waals surface area contributed by atoms with Gasteiger partial charge in [0.2, 0.25) is 0 Å². The van der Waals surface area contributed by atoms with Gasteiger partial charge in [-0.15, -0.1) is 35.3 Å². The summed E-state index contributed by atoms with van der Waals surface area (Å²) in [6.45, 7) is 7.33. The Morgan fingerprint density at radius 3 is 2.57 bits per heavy atom. The summed E-state index contributed by atoms with van der Waals surface area (Å²) in [6.07, 6.45) is -4.40. The second kappa shape index (κ2) is 11.0. The third-order valence-electron chi connectivity index (χ3n) is 2.88. The van der Waals surface area contributed by atoms with Crippen LogP contribution in [-0.4, -0.2) is 49.1 Å². The van der Waals surface area contributed by atoms with Gasteiger partial charge in [0, 0.05) is 25.0 Å². The molecule has 0 spiro atoms. The van der Waals surface area contributed by atoms with E-state index in [-0.39, 0.29) is 30.5 Å². The molecule has 0 saturated heterocycles. The molecule has 0 bridgehead atoms. The maximum absolute atomic E-state index is 12.5. The highest BCUT2D eigenvalue weighted by Crippen LogP contribution is 2.30. The number of hydrogen-bond donors (Lipinski definition) is 2. The highest BCUT2D eigenvalue weighted by atomic mass is 127. The molecule has 0 fully saturated rings. The number of aromatic nitrogens is 1. The first-order valence-electron chi connectivity index (χ1n) is 7.09.